The van der Waals surface area contributed by atoms with Gasteiger partial charge in [0.1, 0.15) is 0 Å². The molecule has 2 unspecified atom stereocenters. The van der Waals surface area contributed by atoms with Gasteiger partial charge in [0.25, 0.3) is 0 Å². The van der Waals surface area contributed by atoms with Crippen molar-refractivity contribution in [1.82, 2.24) is 20.2 Å². The average molecular weight is 430 g/mol. The van der Waals surface area contributed by atoms with Gasteiger partial charge in [-0.3, -0.25) is 19.9 Å². The van der Waals surface area contributed by atoms with Crippen LogP contribution in [0.1, 0.15) is 47.8 Å². The minimum absolute atomic E-state index is 0.201. The minimum Gasteiger partial charge on any atom is -0.348 e. The smallest absolute Gasteiger partial charge is 0.228 e. The lowest BCUT2D eigenvalue weighted by atomic mass is 9.90. The van der Waals surface area contributed by atoms with Crippen LogP contribution in [0.4, 0.5) is 5.69 Å². The third kappa shape index (κ3) is 4.20. The molecule has 2 N–H and O–H groups in total. The number of aromatic nitrogens is 2. The second-order valence-corrected chi connectivity index (χ2v) is 8.86. The van der Waals surface area contributed by atoms with E-state index in [4.69, 9.17) is 0 Å². The van der Waals surface area contributed by atoms with Crippen LogP contribution in [0.15, 0.2) is 60.9 Å². The van der Waals surface area contributed by atoms with E-state index in [9.17, 15) is 4.79 Å². The fourth-order valence-corrected chi connectivity index (χ4v) is 5.17. The zero-order chi connectivity index (χ0) is 21.9. The van der Waals surface area contributed by atoms with Crippen LogP contribution in [-0.2, 0) is 17.8 Å². The number of rotatable bonds is 6. The Bertz CT molecular complexity index is 1060. The van der Waals surface area contributed by atoms with E-state index in [1.54, 1.807) is 6.33 Å². The Morgan fingerprint density at radius 3 is 2.72 bits per heavy atom. The maximum absolute atomic E-state index is 12.8. The van der Waals surface area contributed by atoms with Gasteiger partial charge < -0.3 is 4.98 Å². The number of hydrogen-bond donors (Lipinski definition) is 2. The number of carbonyl (C=O) groups excluding carboxylic acids is 1. The number of aromatic amines is 1. The molecular weight excluding hydrogens is 398 g/mol. The number of anilines is 1. The summed E-state index contributed by atoms with van der Waals surface area (Å²) in [5.41, 5.74) is 5.84. The second kappa shape index (κ2) is 9.27. The average Bonchev–Trinajstić information content (AvgIpc) is 3.23. The highest BCUT2D eigenvalue weighted by Crippen LogP contribution is 2.33. The number of benzene rings is 2. The van der Waals surface area contributed by atoms with Crippen molar-refractivity contribution in [3.05, 3.63) is 83.4 Å². The van der Waals surface area contributed by atoms with Gasteiger partial charge in [0.2, 0.25) is 5.91 Å². The first kappa shape index (κ1) is 20.9. The molecule has 0 spiro atoms. The summed E-state index contributed by atoms with van der Waals surface area (Å²) in [6, 6.07) is 19.5. The molecule has 0 saturated carbocycles. The Hall–Kier alpha value is -2.96. The fraction of sp³-hybridized carbons (Fsp3) is 0.385. The molecule has 32 heavy (non-hydrogen) atoms. The number of para-hydroxylation sites is 1. The maximum Gasteiger partial charge on any atom is 0.228 e. The molecular formula is C26H31N5O. The van der Waals surface area contributed by atoms with E-state index < -0.39 is 0 Å². The quantitative estimate of drug-likeness (QED) is 0.623. The summed E-state index contributed by atoms with van der Waals surface area (Å²) in [7, 11) is 0. The summed E-state index contributed by atoms with van der Waals surface area (Å²) < 4.78 is 0. The Labute approximate surface area is 189 Å². The SMILES string of the molecule is Cc1[nH]cnc1CN1CCCC(NCN2C(=O)CCc3ccccc32)C1c1ccccc1. The Kier molecular flexibility index (Phi) is 6.06. The topological polar surface area (TPSA) is 64.3 Å². The summed E-state index contributed by atoms with van der Waals surface area (Å²) in [6.07, 6.45) is 5.39. The largest absolute Gasteiger partial charge is 0.348 e. The lowest BCUT2D eigenvalue weighted by Crippen LogP contribution is -2.52. The van der Waals surface area contributed by atoms with Crippen LogP contribution in [0.25, 0.3) is 0 Å². The molecule has 2 atom stereocenters. The first-order chi connectivity index (χ1) is 15.7. The van der Waals surface area contributed by atoms with Gasteiger partial charge >= 0.3 is 0 Å². The normalized spacial score (nSPS) is 21.5. The van der Waals surface area contributed by atoms with Crippen molar-refractivity contribution in [3.8, 4) is 0 Å². The second-order valence-electron chi connectivity index (χ2n) is 8.86. The number of carbonyl (C=O) groups is 1. The standard InChI is InChI=1S/C26H31N5O/c1-19-23(28-17-27-19)16-30-15-7-11-22(26(30)21-9-3-2-4-10-21)29-18-31-24-12-6-5-8-20(24)13-14-25(31)32/h2-6,8-10,12,17,22,26,29H,7,11,13-16,18H2,1H3,(H,27,28). The van der Waals surface area contributed by atoms with Gasteiger partial charge in [-0.1, -0.05) is 48.5 Å². The zero-order valence-electron chi connectivity index (χ0n) is 18.6. The highest BCUT2D eigenvalue weighted by atomic mass is 16.2. The van der Waals surface area contributed by atoms with Gasteiger partial charge in [-0.25, -0.2) is 4.98 Å². The fourth-order valence-electron chi connectivity index (χ4n) is 5.17. The molecule has 5 rings (SSSR count). The highest BCUT2D eigenvalue weighted by Gasteiger charge is 2.34. The summed E-state index contributed by atoms with van der Waals surface area (Å²) in [6.45, 7) is 4.48. The molecule has 2 aliphatic rings. The summed E-state index contributed by atoms with van der Waals surface area (Å²) >= 11 is 0. The number of imidazole rings is 1. The van der Waals surface area contributed by atoms with Crippen LogP contribution >= 0.6 is 0 Å². The zero-order valence-corrected chi connectivity index (χ0v) is 18.6. The van der Waals surface area contributed by atoms with Crippen LogP contribution in [0.5, 0.6) is 0 Å². The van der Waals surface area contributed by atoms with E-state index in [1.165, 1.54) is 11.1 Å². The van der Waals surface area contributed by atoms with E-state index in [-0.39, 0.29) is 18.0 Å². The molecule has 1 fully saturated rings. The van der Waals surface area contributed by atoms with Crippen molar-refractivity contribution < 1.29 is 4.79 Å². The van der Waals surface area contributed by atoms with Crippen molar-refractivity contribution in [2.24, 2.45) is 0 Å². The predicted octanol–water partition coefficient (Wildman–Crippen LogP) is 3.95. The van der Waals surface area contributed by atoms with Crippen molar-refractivity contribution in [2.45, 2.75) is 51.2 Å². The molecule has 3 aromatic rings. The number of nitrogens with one attached hydrogen (secondary N) is 2. The summed E-state index contributed by atoms with van der Waals surface area (Å²) in [5.74, 6) is 0.201. The summed E-state index contributed by atoms with van der Waals surface area (Å²) in [5, 5.41) is 3.77. The molecule has 6 heteroatoms. The first-order valence-electron chi connectivity index (χ1n) is 11.6. The van der Waals surface area contributed by atoms with E-state index in [0.29, 0.717) is 13.1 Å². The van der Waals surface area contributed by atoms with Crippen molar-refractivity contribution >= 4 is 11.6 Å². The lowest BCUT2D eigenvalue weighted by Gasteiger charge is -2.43. The van der Waals surface area contributed by atoms with Crippen LogP contribution in [-0.4, -0.2) is 40.0 Å². The number of fused-ring (bicyclic) bond motifs is 1. The number of hydrogen-bond acceptors (Lipinski definition) is 4. The highest BCUT2D eigenvalue weighted by molar-refractivity contribution is 5.96. The predicted molar refractivity (Wildman–Crippen MR) is 126 cm³/mol. The summed E-state index contributed by atoms with van der Waals surface area (Å²) in [4.78, 5) is 25.0. The number of likely N-dealkylation sites (tertiary alicyclic amines) is 1. The van der Waals surface area contributed by atoms with Gasteiger partial charge in [0.05, 0.1) is 24.7 Å². The minimum atomic E-state index is 0.201. The molecule has 1 amide bonds. The third-order valence-corrected chi connectivity index (χ3v) is 6.87. The maximum atomic E-state index is 12.8. The van der Waals surface area contributed by atoms with Crippen LogP contribution in [0.3, 0.4) is 0 Å². The molecule has 3 heterocycles. The molecule has 0 bridgehead atoms. The van der Waals surface area contributed by atoms with Gasteiger partial charge in [0, 0.05) is 30.4 Å². The molecule has 166 valence electrons. The number of nitrogens with zero attached hydrogens (tertiary/aromatic N) is 3. The Morgan fingerprint density at radius 1 is 1.09 bits per heavy atom. The Balaban J connectivity index is 1.38. The number of amides is 1. The molecule has 6 nitrogen and oxygen atoms in total. The molecule has 1 saturated heterocycles. The van der Waals surface area contributed by atoms with E-state index in [0.717, 1.165) is 49.4 Å². The van der Waals surface area contributed by atoms with Gasteiger partial charge in [-0.05, 0) is 49.9 Å². The molecule has 2 aromatic carbocycles. The number of piperidine rings is 1. The molecule has 0 aliphatic carbocycles. The van der Waals surface area contributed by atoms with E-state index in [1.807, 2.05) is 11.0 Å². The Morgan fingerprint density at radius 2 is 1.91 bits per heavy atom. The van der Waals surface area contributed by atoms with Crippen LogP contribution in [0, 0.1) is 6.92 Å². The van der Waals surface area contributed by atoms with Gasteiger partial charge in [-0.2, -0.15) is 0 Å². The molecule has 0 radical (unpaired) electrons. The van der Waals surface area contributed by atoms with Crippen LogP contribution < -0.4 is 10.2 Å². The number of H-pyrrole nitrogens is 1. The monoisotopic (exact) mass is 429 g/mol. The first-order valence-corrected chi connectivity index (χ1v) is 11.6. The van der Waals surface area contributed by atoms with Crippen molar-refractivity contribution in [2.75, 3.05) is 18.1 Å². The lowest BCUT2D eigenvalue weighted by molar-refractivity contribution is -0.119. The number of aryl methyl sites for hydroxylation is 2. The molecule has 2 aliphatic heterocycles. The van der Waals surface area contributed by atoms with E-state index in [2.05, 4.69) is 75.6 Å². The molecule has 1 aromatic heterocycles. The van der Waals surface area contributed by atoms with Crippen molar-refractivity contribution in [3.63, 3.8) is 0 Å². The van der Waals surface area contributed by atoms with Gasteiger partial charge in [0.15, 0.2) is 0 Å². The van der Waals surface area contributed by atoms with Crippen LogP contribution in [0.2, 0.25) is 0 Å². The van der Waals surface area contributed by atoms with Gasteiger partial charge in [-0.15, -0.1) is 0 Å². The third-order valence-electron chi connectivity index (χ3n) is 6.87. The van der Waals surface area contributed by atoms with E-state index >= 15 is 0 Å². The van der Waals surface area contributed by atoms with Crippen molar-refractivity contribution in [1.29, 1.82) is 0 Å².